The van der Waals surface area contributed by atoms with Crippen molar-refractivity contribution in [3.63, 3.8) is 0 Å². The van der Waals surface area contributed by atoms with E-state index < -0.39 is 0 Å². The van der Waals surface area contributed by atoms with Crippen molar-refractivity contribution in [1.29, 1.82) is 0 Å². The minimum atomic E-state index is 0.0156. The molecule has 6 nitrogen and oxygen atoms in total. The lowest BCUT2D eigenvalue weighted by Gasteiger charge is -2.45. The van der Waals surface area contributed by atoms with Gasteiger partial charge in [0.2, 0.25) is 0 Å². The number of carbonyl (C=O) groups excluding carboxylic acids is 1. The number of hydrogen-bond donors (Lipinski definition) is 0. The van der Waals surface area contributed by atoms with Gasteiger partial charge in [-0.2, -0.15) is 0 Å². The minimum Gasteiger partial charge on any atom is -0.382 e. The Kier molecular flexibility index (Phi) is 8.21. The maximum absolute atomic E-state index is 13.8. The van der Waals surface area contributed by atoms with Gasteiger partial charge in [0.1, 0.15) is 0 Å². The molecule has 5 rings (SSSR count). The molecule has 1 fully saturated rings. The molecule has 190 valence electrons. The number of carbonyl (C=O) groups is 1. The number of aromatic nitrogens is 1. The van der Waals surface area contributed by atoms with Gasteiger partial charge in [0, 0.05) is 44.5 Å². The number of methoxy groups -OCH3 is 1. The van der Waals surface area contributed by atoms with Gasteiger partial charge in [0.15, 0.2) is 0 Å². The van der Waals surface area contributed by atoms with Crippen LogP contribution in [0, 0.1) is 0 Å². The van der Waals surface area contributed by atoms with Gasteiger partial charge >= 0.3 is 0 Å². The first-order chi connectivity index (χ1) is 18.3. The Labute approximate surface area is 218 Å². The average molecular weight is 496 g/mol. The van der Waals surface area contributed by atoms with E-state index in [9.17, 15) is 4.79 Å². The maximum atomic E-state index is 13.8. The summed E-state index contributed by atoms with van der Waals surface area (Å²) < 4.78 is 11.2. The Morgan fingerprint density at radius 3 is 2.27 bits per heavy atom. The predicted molar refractivity (Wildman–Crippen MR) is 146 cm³/mol. The van der Waals surface area contributed by atoms with E-state index in [2.05, 4.69) is 58.4 Å². The fourth-order valence-electron chi connectivity index (χ4n) is 5.21. The van der Waals surface area contributed by atoms with Crippen LogP contribution in [0.15, 0.2) is 97.3 Å². The molecule has 3 aromatic carbocycles. The molecular weight excluding hydrogens is 462 g/mol. The molecule has 6 heteroatoms. The first-order valence-corrected chi connectivity index (χ1v) is 12.8. The van der Waals surface area contributed by atoms with Crippen LogP contribution in [0.2, 0.25) is 0 Å². The summed E-state index contributed by atoms with van der Waals surface area (Å²) in [5.74, 6) is 0.0156. The second-order valence-corrected chi connectivity index (χ2v) is 9.34. The van der Waals surface area contributed by atoms with Crippen molar-refractivity contribution in [1.82, 2.24) is 14.8 Å². The van der Waals surface area contributed by atoms with Crippen molar-refractivity contribution < 1.29 is 14.3 Å². The van der Waals surface area contributed by atoms with Crippen molar-refractivity contribution in [2.45, 2.75) is 12.1 Å². The standard InChI is InChI=1S/C31H33N3O3/c1-36-18-19-37-23-27-22-33(31(35)29-21-32-20-26-14-8-9-15-28(26)29)16-17-34(27)30(24-10-4-2-5-11-24)25-12-6-3-7-13-25/h2-15,20-21,27,30H,16-19,22-23H2,1H3/t27-/m0/s1. The van der Waals surface area contributed by atoms with Crippen LogP contribution in [0.1, 0.15) is 27.5 Å². The number of rotatable bonds is 9. The van der Waals surface area contributed by atoms with Crippen LogP contribution in [-0.4, -0.2) is 73.3 Å². The van der Waals surface area contributed by atoms with E-state index in [0.717, 1.165) is 17.3 Å². The second kappa shape index (κ2) is 12.1. The zero-order chi connectivity index (χ0) is 25.5. The number of piperazine rings is 1. The molecule has 0 aliphatic carbocycles. The number of pyridine rings is 1. The largest absolute Gasteiger partial charge is 0.382 e. The smallest absolute Gasteiger partial charge is 0.256 e. The molecule has 0 saturated carbocycles. The highest BCUT2D eigenvalue weighted by Crippen LogP contribution is 2.32. The maximum Gasteiger partial charge on any atom is 0.256 e. The summed E-state index contributed by atoms with van der Waals surface area (Å²) in [6, 6.07) is 29.2. The molecule has 0 bridgehead atoms. The third kappa shape index (κ3) is 5.72. The zero-order valence-electron chi connectivity index (χ0n) is 21.2. The monoisotopic (exact) mass is 495 g/mol. The Hall–Kier alpha value is -3.58. The molecule has 1 atom stereocenters. The van der Waals surface area contributed by atoms with E-state index >= 15 is 0 Å². The lowest BCUT2D eigenvalue weighted by Crippen LogP contribution is -2.57. The number of amides is 1. The first-order valence-electron chi connectivity index (χ1n) is 12.8. The summed E-state index contributed by atoms with van der Waals surface area (Å²) in [4.78, 5) is 22.5. The van der Waals surface area contributed by atoms with Crippen molar-refractivity contribution in [3.05, 3.63) is 114 Å². The number of hydrogen-bond acceptors (Lipinski definition) is 5. The van der Waals surface area contributed by atoms with E-state index in [0.29, 0.717) is 38.5 Å². The summed E-state index contributed by atoms with van der Waals surface area (Å²) in [6.45, 7) is 3.51. The molecule has 2 heterocycles. The van der Waals surface area contributed by atoms with Crippen molar-refractivity contribution in [2.24, 2.45) is 0 Å². The van der Waals surface area contributed by atoms with Gasteiger partial charge < -0.3 is 14.4 Å². The van der Waals surface area contributed by atoms with Gasteiger partial charge in [-0.05, 0) is 16.5 Å². The van der Waals surface area contributed by atoms with Gasteiger partial charge in [-0.1, -0.05) is 84.9 Å². The number of fused-ring (bicyclic) bond motifs is 1. The Morgan fingerprint density at radius 2 is 1.57 bits per heavy atom. The van der Waals surface area contributed by atoms with Crippen LogP contribution in [0.3, 0.4) is 0 Å². The normalized spacial score (nSPS) is 16.4. The summed E-state index contributed by atoms with van der Waals surface area (Å²) in [6.07, 6.45) is 3.50. The van der Waals surface area contributed by atoms with Gasteiger partial charge in [-0.15, -0.1) is 0 Å². The fraction of sp³-hybridized carbons (Fsp3) is 0.290. The third-order valence-electron chi connectivity index (χ3n) is 7.02. The molecular formula is C31H33N3O3. The molecule has 1 aromatic heterocycles. The molecule has 1 aliphatic heterocycles. The van der Waals surface area contributed by atoms with E-state index in [4.69, 9.17) is 9.47 Å². The Morgan fingerprint density at radius 1 is 0.892 bits per heavy atom. The van der Waals surface area contributed by atoms with Crippen LogP contribution in [0.25, 0.3) is 10.8 Å². The van der Waals surface area contributed by atoms with Crippen LogP contribution in [0.5, 0.6) is 0 Å². The second-order valence-electron chi connectivity index (χ2n) is 9.34. The zero-order valence-corrected chi connectivity index (χ0v) is 21.2. The van der Waals surface area contributed by atoms with Crippen LogP contribution < -0.4 is 0 Å². The molecule has 0 radical (unpaired) electrons. The number of nitrogens with zero attached hydrogens (tertiary/aromatic N) is 3. The highest BCUT2D eigenvalue weighted by atomic mass is 16.5. The minimum absolute atomic E-state index is 0.0156. The van der Waals surface area contributed by atoms with Crippen molar-refractivity contribution in [2.75, 3.05) is 46.6 Å². The average Bonchev–Trinajstić information content (AvgIpc) is 2.96. The quantitative estimate of drug-likeness (QED) is 0.312. The summed E-state index contributed by atoms with van der Waals surface area (Å²) in [5, 5.41) is 1.91. The summed E-state index contributed by atoms with van der Waals surface area (Å²) >= 11 is 0. The van der Waals surface area contributed by atoms with Crippen molar-refractivity contribution in [3.8, 4) is 0 Å². The van der Waals surface area contributed by atoms with Crippen LogP contribution >= 0.6 is 0 Å². The lowest BCUT2D eigenvalue weighted by atomic mass is 9.94. The van der Waals surface area contributed by atoms with E-state index in [1.807, 2.05) is 41.3 Å². The highest BCUT2D eigenvalue weighted by Gasteiger charge is 2.36. The lowest BCUT2D eigenvalue weighted by molar-refractivity contribution is -0.0121. The van der Waals surface area contributed by atoms with Crippen molar-refractivity contribution >= 4 is 16.7 Å². The Bertz CT molecular complexity index is 1250. The topological polar surface area (TPSA) is 54.9 Å². The number of ether oxygens (including phenoxy) is 2. The molecule has 1 amide bonds. The van der Waals surface area contributed by atoms with Crippen LogP contribution in [0.4, 0.5) is 0 Å². The molecule has 4 aromatic rings. The Balaban J connectivity index is 1.44. The molecule has 37 heavy (non-hydrogen) atoms. The third-order valence-corrected chi connectivity index (χ3v) is 7.02. The summed E-state index contributed by atoms with van der Waals surface area (Å²) in [7, 11) is 1.68. The van der Waals surface area contributed by atoms with E-state index in [-0.39, 0.29) is 18.0 Å². The fourth-order valence-corrected chi connectivity index (χ4v) is 5.21. The van der Waals surface area contributed by atoms with Crippen LogP contribution in [-0.2, 0) is 9.47 Å². The molecule has 1 aliphatic rings. The van der Waals surface area contributed by atoms with E-state index in [1.54, 1.807) is 19.5 Å². The molecule has 0 unspecified atom stereocenters. The van der Waals surface area contributed by atoms with Gasteiger partial charge in [0.25, 0.3) is 5.91 Å². The molecule has 0 spiro atoms. The van der Waals surface area contributed by atoms with Gasteiger partial charge in [0.05, 0.1) is 37.5 Å². The predicted octanol–water partition coefficient (Wildman–Crippen LogP) is 4.81. The number of benzene rings is 3. The van der Waals surface area contributed by atoms with Gasteiger partial charge in [-0.3, -0.25) is 14.7 Å². The van der Waals surface area contributed by atoms with E-state index in [1.165, 1.54) is 11.1 Å². The first kappa shape index (κ1) is 25.1. The van der Waals surface area contributed by atoms with Gasteiger partial charge in [-0.25, -0.2) is 0 Å². The SMILES string of the molecule is COCCOC[C@@H]1CN(C(=O)c2cncc3ccccc23)CCN1C(c1ccccc1)c1ccccc1. The highest BCUT2D eigenvalue weighted by molar-refractivity contribution is 6.06. The summed E-state index contributed by atoms with van der Waals surface area (Å²) in [5.41, 5.74) is 3.11. The molecule has 1 saturated heterocycles. The molecule has 0 N–H and O–H groups in total.